The predicted octanol–water partition coefficient (Wildman–Crippen LogP) is -2.17. The van der Waals surface area contributed by atoms with E-state index in [9.17, 15) is 29.4 Å². The molecule has 2 heterocycles. The smallest absolute Gasteiger partial charge is 0.326 e. The van der Waals surface area contributed by atoms with E-state index < -0.39 is 54.0 Å². The van der Waals surface area contributed by atoms with Crippen molar-refractivity contribution >= 4 is 23.7 Å². The second-order valence-corrected chi connectivity index (χ2v) is 8.49. The van der Waals surface area contributed by atoms with Crippen LogP contribution in [-0.2, 0) is 25.6 Å². The average Bonchev–Trinajstić information content (AvgIpc) is 3.47. The first kappa shape index (κ1) is 27.2. The van der Waals surface area contributed by atoms with Crippen molar-refractivity contribution in [2.24, 2.45) is 11.5 Å². The number of unbranched alkanes of at least 4 members (excludes halogenated alkanes) is 1. The fourth-order valence-corrected chi connectivity index (χ4v) is 3.90. The van der Waals surface area contributed by atoms with Crippen LogP contribution in [0.3, 0.4) is 0 Å². The highest BCUT2D eigenvalue weighted by Crippen LogP contribution is 2.19. The molecule has 34 heavy (non-hydrogen) atoms. The maximum absolute atomic E-state index is 13.0. The van der Waals surface area contributed by atoms with E-state index in [0.717, 1.165) is 0 Å². The van der Waals surface area contributed by atoms with Crippen molar-refractivity contribution < 1.29 is 29.4 Å². The number of nitrogens with two attached hydrogens (primary N) is 2. The Bertz CT molecular complexity index is 832. The number of carboxylic acid groups (broad SMARTS) is 1. The molecule has 1 aliphatic heterocycles. The Hall–Kier alpha value is -3.03. The van der Waals surface area contributed by atoms with E-state index in [2.05, 4.69) is 20.6 Å². The van der Waals surface area contributed by atoms with Crippen LogP contribution in [0.5, 0.6) is 0 Å². The van der Waals surface area contributed by atoms with E-state index in [1.807, 2.05) is 0 Å². The van der Waals surface area contributed by atoms with Crippen LogP contribution in [0.1, 0.15) is 44.7 Å². The SMILES string of the molecule is CC(O)C(NC(=O)C1CCCN1C(=O)C(N)Cc1cnc[nH]1)C(=O)NC(CCCCN)C(=O)O. The Morgan fingerprint density at radius 3 is 2.62 bits per heavy atom. The fraction of sp³-hybridized carbons (Fsp3) is 0.667. The topological polar surface area (TPSA) is 217 Å². The number of rotatable bonds is 13. The Kier molecular flexibility index (Phi) is 10.4. The van der Waals surface area contributed by atoms with Gasteiger partial charge < -0.3 is 42.2 Å². The number of hydrogen-bond donors (Lipinski definition) is 7. The van der Waals surface area contributed by atoms with Crippen LogP contribution in [0, 0.1) is 0 Å². The number of aliphatic hydroxyl groups excluding tert-OH is 1. The first-order valence-corrected chi connectivity index (χ1v) is 11.4. The van der Waals surface area contributed by atoms with E-state index in [1.54, 1.807) is 6.20 Å². The molecular weight excluding hydrogens is 446 g/mol. The largest absolute Gasteiger partial charge is 0.480 e. The summed E-state index contributed by atoms with van der Waals surface area (Å²) in [7, 11) is 0. The number of nitrogens with one attached hydrogen (secondary N) is 3. The van der Waals surface area contributed by atoms with Crippen molar-refractivity contribution in [2.45, 2.75) is 75.7 Å². The van der Waals surface area contributed by atoms with Crippen LogP contribution < -0.4 is 22.1 Å². The standard InChI is InChI=1S/C21H35N7O6/c1-12(29)17(19(31)26-15(21(33)34)5-2-3-7-22)27-18(30)16-6-4-8-28(16)20(32)14(23)9-13-10-24-11-25-13/h10-12,14-17,29H,2-9,22-23H2,1H3,(H,24,25)(H,26,31)(H,27,30)(H,33,34). The minimum Gasteiger partial charge on any atom is -0.480 e. The van der Waals surface area contributed by atoms with Gasteiger partial charge in [-0.05, 0) is 45.6 Å². The van der Waals surface area contributed by atoms with Crippen LogP contribution >= 0.6 is 0 Å². The molecule has 5 atom stereocenters. The molecule has 2 rings (SSSR count). The lowest BCUT2D eigenvalue weighted by Crippen LogP contribution is -2.59. The number of hydrogen-bond acceptors (Lipinski definition) is 8. The zero-order valence-corrected chi connectivity index (χ0v) is 19.3. The molecule has 5 unspecified atom stereocenters. The van der Waals surface area contributed by atoms with Crippen molar-refractivity contribution in [3.8, 4) is 0 Å². The number of aliphatic hydroxyl groups is 1. The molecule has 1 saturated heterocycles. The molecule has 3 amide bonds. The summed E-state index contributed by atoms with van der Waals surface area (Å²) >= 11 is 0. The van der Waals surface area contributed by atoms with Gasteiger partial charge in [-0.25, -0.2) is 9.78 Å². The van der Waals surface area contributed by atoms with Gasteiger partial charge in [-0.1, -0.05) is 0 Å². The highest BCUT2D eigenvalue weighted by Gasteiger charge is 2.38. The van der Waals surface area contributed by atoms with Crippen molar-refractivity contribution in [1.29, 1.82) is 0 Å². The van der Waals surface area contributed by atoms with E-state index in [4.69, 9.17) is 11.5 Å². The Morgan fingerprint density at radius 1 is 1.29 bits per heavy atom. The monoisotopic (exact) mass is 481 g/mol. The number of likely N-dealkylation sites (tertiary alicyclic amines) is 1. The molecule has 9 N–H and O–H groups in total. The molecule has 1 aliphatic rings. The summed E-state index contributed by atoms with van der Waals surface area (Å²) in [6, 6.07) is -4.30. The van der Waals surface area contributed by atoms with Gasteiger partial charge in [0.15, 0.2) is 0 Å². The molecule has 0 radical (unpaired) electrons. The summed E-state index contributed by atoms with van der Waals surface area (Å²) in [5, 5.41) is 24.3. The van der Waals surface area contributed by atoms with Crippen molar-refractivity contribution in [3.63, 3.8) is 0 Å². The van der Waals surface area contributed by atoms with Gasteiger partial charge in [0, 0.05) is 24.9 Å². The summed E-state index contributed by atoms with van der Waals surface area (Å²) in [6.07, 6.45) is 4.19. The zero-order chi connectivity index (χ0) is 25.3. The lowest BCUT2D eigenvalue weighted by atomic mass is 10.1. The number of imidazole rings is 1. The van der Waals surface area contributed by atoms with Crippen molar-refractivity contribution in [3.05, 3.63) is 18.2 Å². The molecule has 0 aliphatic carbocycles. The Labute approximate surface area is 197 Å². The summed E-state index contributed by atoms with van der Waals surface area (Å²) < 4.78 is 0. The maximum Gasteiger partial charge on any atom is 0.326 e. The van der Waals surface area contributed by atoms with Crippen molar-refractivity contribution in [2.75, 3.05) is 13.1 Å². The zero-order valence-electron chi connectivity index (χ0n) is 19.3. The van der Waals surface area contributed by atoms with Crippen LogP contribution in [-0.4, -0.2) is 92.1 Å². The normalized spacial score (nSPS) is 19.2. The molecule has 0 bridgehead atoms. The van der Waals surface area contributed by atoms with Gasteiger partial charge in [-0.3, -0.25) is 14.4 Å². The van der Waals surface area contributed by atoms with Crippen LogP contribution in [0.25, 0.3) is 0 Å². The van der Waals surface area contributed by atoms with E-state index in [0.29, 0.717) is 44.5 Å². The average molecular weight is 482 g/mol. The van der Waals surface area contributed by atoms with Gasteiger partial charge >= 0.3 is 5.97 Å². The number of aliphatic carboxylic acids is 1. The third kappa shape index (κ3) is 7.50. The summed E-state index contributed by atoms with van der Waals surface area (Å²) in [4.78, 5) is 58.2. The molecule has 13 heteroatoms. The molecule has 0 saturated carbocycles. The Morgan fingerprint density at radius 2 is 2.03 bits per heavy atom. The summed E-state index contributed by atoms with van der Waals surface area (Å²) in [6.45, 7) is 2.04. The number of H-pyrrole nitrogens is 1. The quantitative estimate of drug-likeness (QED) is 0.152. The van der Waals surface area contributed by atoms with Gasteiger partial charge in [0.1, 0.15) is 18.1 Å². The number of carbonyl (C=O) groups is 4. The highest BCUT2D eigenvalue weighted by atomic mass is 16.4. The summed E-state index contributed by atoms with van der Waals surface area (Å²) in [5.74, 6) is -3.07. The molecule has 190 valence electrons. The Balaban J connectivity index is 2.02. The lowest BCUT2D eigenvalue weighted by molar-refractivity contribution is -0.144. The minimum absolute atomic E-state index is 0.165. The molecule has 0 aromatic carbocycles. The summed E-state index contributed by atoms with van der Waals surface area (Å²) in [5.41, 5.74) is 12.2. The van der Waals surface area contributed by atoms with Gasteiger partial charge in [-0.2, -0.15) is 0 Å². The third-order valence-corrected chi connectivity index (χ3v) is 5.77. The maximum atomic E-state index is 13.0. The van der Waals surface area contributed by atoms with Gasteiger partial charge in [0.25, 0.3) is 0 Å². The number of carboxylic acids is 1. The predicted molar refractivity (Wildman–Crippen MR) is 121 cm³/mol. The van der Waals surface area contributed by atoms with E-state index in [-0.39, 0.29) is 12.8 Å². The number of amides is 3. The molecule has 0 spiro atoms. The second-order valence-electron chi connectivity index (χ2n) is 8.49. The van der Waals surface area contributed by atoms with Gasteiger partial charge in [0.05, 0.1) is 18.5 Å². The molecule has 1 aromatic heterocycles. The van der Waals surface area contributed by atoms with Gasteiger partial charge in [0.2, 0.25) is 17.7 Å². The van der Waals surface area contributed by atoms with Crippen LogP contribution in [0.4, 0.5) is 0 Å². The molecule has 13 nitrogen and oxygen atoms in total. The molecular formula is C21H35N7O6. The fourth-order valence-electron chi connectivity index (χ4n) is 3.90. The van der Waals surface area contributed by atoms with E-state index in [1.165, 1.54) is 18.2 Å². The van der Waals surface area contributed by atoms with Crippen LogP contribution in [0.2, 0.25) is 0 Å². The van der Waals surface area contributed by atoms with Crippen molar-refractivity contribution in [1.82, 2.24) is 25.5 Å². The number of carbonyl (C=O) groups excluding carboxylic acids is 3. The first-order chi connectivity index (χ1) is 16.1. The minimum atomic E-state index is -1.39. The van der Waals surface area contributed by atoms with Crippen LogP contribution in [0.15, 0.2) is 12.5 Å². The van der Waals surface area contributed by atoms with E-state index >= 15 is 0 Å². The van der Waals surface area contributed by atoms with Gasteiger partial charge in [-0.15, -0.1) is 0 Å². The second kappa shape index (κ2) is 13.0. The molecule has 1 fully saturated rings. The third-order valence-electron chi connectivity index (χ3n) is 5.77. The first-order valence-electron chi connectivity index (χ1n) is 11.4. The lowest BCUT2D eigenvalue weighted by Gasteiger charge is -2.29. The highest BCUT2D eigenvalue weighted by molar-refractivity contribution is 5.94. The number of nitrogens with zero attached hydrogens (tertiary/aromatic N) is 2. The number of aromatic nitrogens is 2. The number of aromatic amines is 1. The molecule has 1 aromatic rings.